The number of furan rings is 1. The fourth-order valence-electron chi connectivity index (χ4n) is 2.01. The zero-order valence-corrected chi connectivity index (χ0v) is 15.3. The van der Waals surface area contributed by atoms with Crippen LogP contribution in [0, 0.1) is 0 Å². The van der Waals surface area contributed by atoms with E-state index in [-0.39, 0.29) is 10.6 Å². The number of nitrogens with one attached hydrogen (secondary N) is 1. The second-order valence-electron chi connectivity index (χ2n) is 5.09. The van der Waals surface area contributed by atoms with Crippen molar-refractivity contribution in [2.75, 3.05) is 27.8 Å². The number of likely N-dealkylation sites (N-methyl/N-ethyl adjacent to an activating group) is 1. The number of rotatable bonds is 8. The molecule has 0 unspecified atom stereocenters. The summed E-state index contributed by atoms with van der Waals surface area (Å²) in [4.78, 5) is 11.8. The minimum Gasteiger partial charge on any atom is -0.497 e. The topological polar surface area (TPSA) is 110 Å². The third kappa shape index (κ3) is 4.61. The summed E-state index contributed by atoms with van der Waals surface area (Å²) >= 11 is 0. The number of carbonyl (C=O) groups is 1. The van der Waals surface area contributed by atoms with Gasteiger partial charge in [0.2, 0.25) is 10.0 Å². The summed E-state index contributed by atoms with van der Waals surface area (Å²) in [7, 11) is 0.0823. The summed E-state index contributed by atoms with van der Waals surface area (Å²) in [5.74, 6) is 0.340. The van der Waals surface area contributed by atoms with Gasteiger partial charge in [0.25, 0.3) is 5.91 Å². The quantitative estimate of drug-likeness (QED) is 0.541. The van der Waals surface area contributed by atoms with E-state index in [2.05, 4.69) is 10.5 Å². The van der Waals surface area contributed by atoms with E-state index in [1.54, 1.807) is 18.2 Å². The second kappa shape index (κ2) is 8.50. The summed E-state index contributed by atoms with van der Waals surface area (Å²) < 4.78 is 41.5. The average Bonchev–Trinajstić information content (AvgIpc) is 3.14. The molecule has 10 heteroatoms. The Balaban J connectivity index is 2.10. The molecule has 1 amide bonds. The Kier molecular flexibility index (Phi) is 6.36. The van der Waals surface area contributed by atoms with Gasteiger partial charge in [0.15, 0.2) is 0 Å². The summed E-state index contributed by atoms with van der Waals surface area (Å²) in [6, 6.07) is 7.71. The highest BCUT2D eigenvalue weighted by Crippen LogP contribution is 2.29. The maximum atomic E-state index is 12.7. The molecule has 1 aromatic carbocycles. The zero-order valence-electron chi connectivity index (χ0n) is 14.5. The number of hydrazone groups is 1. The monoisotopic (exact) mass is 381 g/mol. The minimum absolute atomic E-state index is 0.103. The van der Waals surface area contributed by atoms with Crippen molar-refractivity contribution in [3.05, 3.63) is 42.4 Å². The van der Waals surface area contributed by atoms with Gasteiger partial charge in [0, 0.05) is 13.1 Å². The van der Waals surface area contributed by atoms with Crippen molar-refractivity contribution < 1.29 is 27.1 Å². The van der Waals surface area contributed by atoms with Gasteiger partial charge in [0.1, 0.15) is 22.2 Å². The number of benzene rings is 1. The maximum absolute atomic E-state index is 12.7. The van der Waals surface area contributed by atoms with Gasteiger partial charge in [-0.3, -0.25) is 4.79 Å². The molecule has 0 aliphatic carbocycles. The Morgan fingerprint density at radius 2 is 2.08 bits per heavy atom. The molecule has 0 aliphatic heterocycles. The van der Waals surface area contributed by atoms with E-state index < -0.39 is 22.5 Å². The molecule has 1 heterocycles. The van der Waals surface area contributed by atoms with Crippen molar-refractivity contribution in [3.63, 3.8) is 0 Å². The molecular formula is C16H19N3O6S. The molecule has 0 saturated carbocycles. The van der Waals surface area contributed by atoms with E-state index in [4.69, 9.17) is 13.9 Å². The number of methoxy groups -OCH3 is 2. The molecule has 0 fully saturated rings. The van der Waals surface area contributed by atoms with Gasteiger partial charge in [0.05, 0.1) is 33.2 Å². The molecule has 0 atom stereocenters. The Labute approximate surface area is 151 Å². The van der Waals surface area contributed by atoms with E-state index in [9.17, 15) is 13.2 Å². The van der Waals surface area contributed by atoms with Crippen LogP contribution in [0.1, 0.15) is 5.76 Å². The third-order valence-electron chi connectivity index (χ3n) is 3.35. The molecule has 140 valence electrons. The normalized spacial score (nSPS) is 11.7. The third-order valence-corrected chi connectivity index (χ3v) is 5.17. The van der Waals surface area contributed by atoms with Crippen LogP contribution in [0.5, 0.6) is 11.5 Å². The predicted molar refractivity (Wildman–Crippen MR) is 93.8 cm³/mol. The molecule has 1 N–H and O–H groups in total. The zero-order chi connectivity index (χ0) is 19.2. The first-order valence-corrected chi connectivity index (χ1v) is 8.86. The molecule has 2 rings (SSSR count). The lowest BCUT2D eigenvalue weighted by atomic mass is 10.3. The van der Waals surface area contributed by atoms with E-state index in [0.717, 1.165) is 4.31 Å². The smallest absolute Gasteiger partial charge is 0.255 e. The van der Waals surface area contributed by atoms with Crippen molar-refractivity contribution in [2.45, 2.75) is 4.90 Å². The van der Waals surface area contributed by atoms with Crippen LogP contribution in [0.15, 0.2) is 51.0 Å². The fourth-order valence-corrected chi connectivity index (χ4v) is 3.30. The molecule has 0 radical (unpaired) electrons. The van der Waals surface area contributed by atoms with Crippen LogP contribution in [0.4, 0.5) is 0 Å². The second-order valence-corrected chi connectivity index (χ2v) is 7.10. The number of carbonyl (C=O) groups excluding carboxylic acids is 1. The highest BCUT2D eigenvalue weighted by Gasteiger charge is 2.27. The van der Waals surface area contributed by atoms with Crippen LogP contribution < -0.4 is 14.9 Å². The largest absolute Gasteiger partial charge is 0.497 e. The van der Waals surface area contributed by atoms with Crippen LogP contribution in [0.25, 0.3) is 0 Å². The van der Waals surface area contributed by atoms with Crippen molar-refractivity contribution in [2.24, 2.45) is 5.10 Å². The Morgan fingerprint density at radius 3 is 2.69 bits per heavy atom. The Morgan fingerprint density at radius 1 is 1.31 bits per heavy atom. The molecular weight excluding hydrogens is 362 g/mol. The van der Waals surface area contributed by atoms with Gasteiger partial charge in [-0.05, 0) is 24.3 Å². The molecule has 0 aliphatic rings. The SMILES string of the molecule is COc1ccc(OC)c(S(=O)(=O)N(C)CC(=O)NN=Cc2ccco2)c1. The van der Waals surface area contributed by atoms with Gasteiger partial charge >= 0.3 is 0 Å². The van der Waals surface area contributed by atoms with Crippen LogP contribution in [-0.4, -0.2) is 52.7 Å². The van der Waals surface area contributed by atoms with Gasteiger partial charge < -0.3 is 13.9 Å². The van der Waals surface area contributed by atoms with Gasteiger partial charge in [-0.15, -0.1) is 0 Å². The van der Waals surface area contributed by atoms with Crippen LogP contribution in [0.2, 0.25) is 0 Å². The molecule has 26 heavy (non-hydrogen) atoms. The predicted octanol–water partition coefficient (Wildman–Crippen LogP) is 1.07. The van der Waals surface area contributed by atoms with Crippen molar-refractivity contribution in [1.82, 2.24) is 9.73 Å². The summed E-state index contributed by atoms with van der Waals surface area (Å²) in [6.07, 6.45) is 2.77. The van der Waals surface area contributed by atoms with E-state index in [1.165, 1.54) is 45.9 Å². The van der Waals surface area contributed by atoms with E-state index in [1.807, 2.05) is 0 Å². The first-order valence-electron chi connectivity index (χ1n) is 7.42. The highest BCUT2D eigenvalue weighted by molar-refractivity contribution is 7.89. The number of amides is 1. The highest BCUT2D eigenvalue weighted by atomic mass is 32.2. The average molecular weight is 381 g/mol. The first kappa shape index (κ1) is 19.5. The number of hydrogen-bond donors (Lipinski definition) is 1. The molecule has 0 spiro atoms. The van der Waals surface area contributed by atoms with Gasteiger partial charge in [-0.25, -0.2) is 13.8 Å². The molecule has 0 bridgehead atoms. The standard InChI is InChI=1S/C16H19N3O6S/c1-19(11-16(20)18-17-10-13-5-4-8-25-13)26(21,22)15-9-12(23-2)6-7-14(15)24-3/h4-10H,11H2,1-3H3,(H,18,20). The fraction of sp³-hybridized carbons (Fsp3) is 0.250. The van der Waals surface area contributed by atoms with Gasteiger partial charge in [-0.1, -0.05) is 0 Å². The van der Waals surface area contributed by atoms with Gasteiger partial charge in [-0.2, -0.15) is 9.41 Å². The lowest BCUT2D eigenvalue weighted by molar-refractivity contribution is -0.121. The van der Waals surface area contributed by atoms with E-state index in [0.29, 0.717) is 11.5 Å². The Hall–Kier alpha value is -2.85. The molecule has 9 nitrogen and oxygen atoms in total. The minimum atomic E-state index is -3.98. The number of hydrogen-bond acceptors (Lipinski definition) is 7. The Bertz CT molecular complexity index is 877. The summed E-state index contributed by atoms with van der Waals surface area (Å²) in [5.41, 5.74) is 2.24. The number of sulfonamides is 1. The lowest BCUT2D eigenvalue weighted by Crippen LogP contribution is -2.36. The van der Waals surface area contributed by atoms with E-state index >= 15 is 0 Å². The summed E-state index contributed by atoms with van der Waals surface area (Å²) in [5, 5.41) is 3.70. The van der Waals surface area contributed by atoms with Crippen molar-refractivity contribution in [3.8, 4) is 11.5 Å². The number of nitrogens with zero attached hydrogens (tertiary/aromatic N) is 2. The number of ether oxygens (including phenoxy) is 2. The van der Waals surface area contributed by atoms with Crippen LogP contribution in [0.3, 0.4) is 0 Å². The maximum Gasteiger partial charge on any atom is 0.255 e. The lowest BCUT2D eigenvalue weighted by Gasteiger charge is -2.18. The molecule has 0 saturated heterocycles. The summed E-state index contributed by atoms with van der Waals surface area (Å²) in [6.45, 7) is -0.432. The van der Waals surface area contributed by atoms with Crippen LogP contribution in [-0.2, 0) is 14.8 Å². The van der Waals surface area contributed by atoms with Crippen molar-refractivity contribution >= 4 is 22.1 Å². The van der Waals surface area contributed by atoms with Crippen LogP contribution >= 0.6 is 0 Å². The molecule has 1 aromatic heterocycles. The molecule has 2 aromatic rings. The van der Waals surface area contributed by atoms with Crippen molar-refractivity contribution in [1.29, 1.82) is 0 Å². The first-order chi connectivity index (χ1) is 12.4.